The Balaban J connectivity index is 1.48. The van der Waals surface area contributed by atoms with E-state index in [1.165, 1.54) is 19.3 Å². The van der Waals surface area contributed by atoms with Gasteiger partial charge in [0.2, 0.25) is 0 Å². The summed E-state index contributed by atoms with van der Waals surface area (Å²) in [6.07, 6.45) is 6.07. The summed E-state index contributed by atoms with van der Waals surface area (Å²) < 4.78 is 10.8. The lowest BCUT2D eigenvalue weighted by molar-refractivity contribution is 0.102. The second-order valence-corrected chi connectivity index (χ2v) is 7.46. The summed E-state index contributed by atoms with van der Waals surface area (Å²) in [6, 6.07) is 5.49. The molecule has 4 rings (SSSR count). The highest BCUT2D eigenvalue weighted by Gasteiger charge is 2.24. The molecule has 1 unspecified atom stereocenters. The molecule has 0 aromatic carbocycles. The van der Waals surface area contributed by atoms with E-state index in [0.717, 1.165) is 25.3 Å². The first-order valence-electron chi connectivity index (χ1n) is 9.86. The van der Waals surface area contributed by atoms with Crippen LogP contribution in [0.15, 0.2) is 33.6 Å². The van der Waals surface area contributed by atoms with Gasteiger partial charge in [0.05, 0.1) is 18.5 Å². The van der Waals surface area contributed by atoms with Gasteiger partial charge in [-0.15, -0.1) is 0 Å². The van der Waals surface area contributed by atoms with Crippen LogP contribution in [0.2, 0.25) is 0 Å². The molecule has 7 heteroatoms. The monoisotopic (exact) mass is 383 g/mol. The van der Waals surface area contributed by atoms with Crippen LogP contribution in [0.5, 0.6) is 0 Å². The van der Waals surface area contributed by atoms with E-state index >= 15 is 0 Å². The minimum Gasteiger partial charge on any atom is -0.427 e. The van der Waals surface area contributed by atoms with Crippen LogP contribution >= 0.6 is 0 Å². The number of anilines is 2. The predicted octanol–water partition coefficient (Wildman–Crippen LogP) is 3.09. The van der Waals surface area contributed by atoms with Crippen molar-refractivity contribution < 1.29 is 13.9 Å². The molecular weight excluding hydrogens is 358 g/mol. The van der Waals surface area contributed by atoms with Crippen LogP contribution in [0, 0.1) is 6.92 Å². The van der Waals surface area contributed by atoms with Crippen molar-refractivity contribution in [3.05, 3.63) is 51.7 Å². The van der Waals surface area contributed by atoms with Crippen molar-refractivity contribution >= 4 is 17.4 Å². The van der Waals surface area contributed by atoms with Crippen molar-refractivity contribution in [2.45, 2.75) is 38.5 Å². The number of hydrogen-bond donors (Lipinski definition) is 1. The number of pyridine rings is 1. The Morgan fingerprint density at radius 2 is 2.07 bits per heavy atom. The first-order chi connectivity index (χ1) is 13.6. The summed E-state index contributed by atoms with van der Waals surface area (Å²) in [5.41, 5.74) is 0.575. The Morgan fingerprint density at radius 3 is 2.71 bits per heavy atom. The molecule has 0 bridgehead atoms. The first-order valence-corrected chi connectivity index (χ1v) is 9.86. The zero-order chi connectivity index (χ0) is 19.5. The third-order valence-corrected chi connectivity index (χ3v) is 5.41. The second kappa shape index (κ2) is 8.14. The smallest absolute Gasteiger partial charge is 0.349 e. The van der Waals surface area contributed by atoms with E-state index in [1.807, 2.05) is 12.1 Å². The Hall–Kier alpha value is -2.67. The lowest BCUT2D eigenvalue weighted by Crippen LogP contribution is -2.30. The van der Waals surface area contributed by atoms with Crippen molar-refractivity contribution in [2.24, 2.45) is 0 Å². The lowest BCUT2D eigenvalue weighted by atomic mass is 10.0. The first kappa shape index (κ1) is 18.7. The molecule has 0 aliphatic carbocycles. The number of ether oxygens (including phenoxy) is 1. The molecule has 0 radical (unpaired) electrons. The fourth-order valence-corrected chi connectivity index (χ4v) is 3.83. The largest absolute Gasteiger partial charge is 0.427 e. The lowest BCUT2D eigenvalue weighted by Gasteiger charge is -2.27. The number of nitrogens with zero attached hydrogens (tertiary/aromatic N) is 2. The Bertz CT molecular complexity index is 895. The topological polar surface area (TPSA) is 84.7 Å². The predicted molar refractivity (Wildman–Crippen MR) is 106 cm³/mol. The quantitative estimate of drug-likeness (QED) is 0.873. The normalized spacial score (nSPS) is 19.6. The molecule has 0 saturated carbocycles. The van der Waals surface area contributed by atoms with Crippen molar-refractivity contribution in [3.63, 3.8) is 0 Å². The van der Waals surface area contributed by atoms with Gasteiger partial charge in [-0.3, -0.25) is 4.79 Å². The van der Waals surface area contributed by atoms with Gasteiger partial charge in [-0.05, 0) is 56.4 Å². The molecular formula is C21H25N3O4. The molecule has 2 aliphatic heterocycles. The maximum atomic E-state index is 12.6. The molecule has 28 heavy (non-hydrogen) atoms. The molecule has 4 heterocycles. The van der Waals surface area contributed by atoms with E-state index in [-0.39, 0.29) is 11.5 Å². The molecule has 2 aliphatic rings. The van der Waals surface area contributed by atoms with Crippen molar-refractivity contribution in [1.82, 2.24) is 4.98 Å². The fraction of sp³-hybridized carbons (Fsp3) is 0.476. The van der Waals surface area contributed by atoms with Crippen LogP contribution in [0.3, 0.4) is 0 Å². The molecule has 1 atom stereocenters. The summed E-state index contributed by atoms with van der Waals surface area (Å²) in [6.45, 7) is 4.98. The maximum Gasteiger partial charge on any atom is 0.349 e. The number of nitrogens with one attached hydrogen (secondary N) is 1. The van der Waals surface area contributed by atoms with Crippen LogP contribution in [0.25, 0.3) is 0 Å². The van der Waals surface area contributed by atoms with Crippen molar-refractivity contribution in [1.29, 1.82) is 0 Å². The zero-order valence-corrected chi connectivity index (χ0v) is 16.1. The van der Waals surface area contributed by atoms with Crippen LogP contribution in [-0.4, -0.2) is 37.2 Å². The standard InChI is InChI=1S/C21H25N3O4/c1-14-11-17(15-7-10-27-13-15)28-21(26)19(14)20(25)23-16-5-6-18(22-12-16)24-8-3-2-4-9-24/h5-6,11-12,15H,2-4,7-10,13H2,1H3,(H,23,25). The summed E-state index contributed by atoms with van der Waals surface area (Å²) in [5, 5.41) is 2.75. The summed E-state index contributed by atoms with van der Waals surface area (Å²) in [5.74, 6) is 1.10. The van der Waals surface area contributed by atoms with Gasteiger partial charge in [0, 0.05) is 25.6 Å². The summed E-state index contributed by atoms with van der Waals surface area (Å²) >= 11 is 0. The van der Waals surface area contributed by atoms with Gasteiger partial charge in [-0.1, -0.05) is 0 Å². The van der Waals surface area contributed by atoms with Gasteiger partial charge in [0.1, 0.15) is 17.1 Å². The number of hydrogen-bond acceptors (Lipinski definition) is 6. The number of carbonyl (C=O) groups excluding carboxylic acids is 1. The Morgan fingerprint density at radius 1 is 1.25 bits per heavy atom. The highest BCUT2D eigenvalue weighted by atomic mass is 16.5. The molecule has 2 saturated heterocycles. The highest BCUT2D eigenvalue weighted by Crippen LogP contribution is 2.25. The third-order valence-electron chi connectivity index (χ3n) is 5.41. The van der Waals surface area contributed by atoms with Gasteiger partial charge in [-0.2, -0.15) is 0 Å². The minimum atomic E-state index is -0.614. The van der Waals surface area contributed by atoms with E-state index in [1.54, 1.807) is 19.2 Å². The van der Waals surface area contributed by atoms with Gasteiger partial charge in [0.25, 0.3) is 5.91 Å². The molecule has 0 spiro atoms. The molecule has 2 aromatic rings. The van der Waals surface area contributed by atoms with Crippen LogP contribution < -0.4 is 15.8 Å². The van der Waals surface area contributed by atoms with E-state index in [0.29, 0.717) is 30.2 Å². The molecule has 2 fully saturated rings. The number of piperidine rings is 1. The summed E-state index contributed by atoms with van der Waals surface area (Å²) in [7, 11) is 0. The Kier molecular flexibility index (Phi) is 5.43. The fourth-order valence-electron chi connectivity index (χ4n) is 3.83. The van der Waals surface area contributed by atoms with Gasteiger partial charge in [-0.25, -0.2) is 9.78 Å². The number of amides is 1. The number of rotatable bonds is 4. The maximum absolute atomic E-state index is 12.6. The second-order valence-electron chi connectivity index (χ2n) is 7.46. The van der Waals surface area contributed by atoms with Crippen LogP contribution in [-0.2, 0) is 4.74 Å². The van der Waals surface area contributed by atoms with E-state index in [2.05, 4.69) is 15.2 Å². The number of aromatic nitrogens is 1. The Labute approximate surface area is 163 Å². The van der Waals surface area contributed by atoms with Crippen molar-refractivity contribution in [3.8, 4) is 0 Å². The molecule has 7 nitrogen and oxygen atoms in total. The zero-order valence-electron chi connectivity index (χ0n) is 16.1. The number of carbonyl (C=O) groups is 1. The van der Waals surface area contributed by atoms with Gasteiger partial charge >= 0.3 is 5.63 Å². The number of aryl methyl sites for hydroxylation is 1. The molecule has 1 N–H and O–H groups in total. The van der Waals surface area contributed by atoms with Crippen molar-refractivity contribution in [2.75, 3.05) is 36.5 Å². The molecule has 148 valence electrons. The van der Waals surface area contributed by atoms with E-state index in [4.69, 9.17) is 9.15 Å². The van der Waals surface area contributed by atoms with Gasteiger partial charge < -0.3 is 19.4 Å². The molecule has 2 aromatic heterocycles. The van der Waals surface area contributed by atoms with Crippen LogP contribution in [0.4, 0.5) is 11.5 Å². The average molecular weight is 383 g/mol. The minimum absolute atomic E-state index is 0.0303. The van der Waals surface area contributed by atoms with Crippen LogP contribution in [0.1, 0.15) is 53.3 Å². The summed E-state index contributed by atoms with van der Waals surface area (Å²) in [4.78, 5) is 31.8. The SMILES string of the molecule is Cc1cc(C2CCOC2)oc(=O)c1C(=O)Nc1ccc(N2CCCCC2)nc1. The van der Waals surface area contributed by atoms with Gasteiger partial charge in [0.15, 0.2) is 0 Å². The van der Waals surface area contributed by atoms with E-state index in [9.17, 15) is 9.59 Å². The molecule has 1 amide bonds. The highest BCUT2D eigenvalue weighted by molar-refractivity contribution is 6.04. The third kappa shape index (κ3) is 3.94. The van der Waals surface area contributed by atoms with E-state index < -0.39 is 11.5 Å². The average Bonchev–Trinajstić information content (AvgIpc) is 3.23.